The molecule has 0 aromatic carbocycles. The molecule has 1 aromatic heterocycles. The normalized spacial score (nSPS) is 17.4. The second-order valence-electron chi connectivity index (χ2n) is 6.08. The number of sulfonamides is 1. The monoisotopic (exact) mass is 469 g/mol. The lowest BCUT2D eigenvalue weighted by molar-refractivity contribution is 0.273. The van der Waals surface area contributed by atoms with E-state index in [0.29, 0.717) is 19.0 Å². The lowest BCUT2D eigenvalue weighted by Gasteiger charge is -2.31. The van der Waals surface area contributed by atoms with Crippen molar-refractivity contribution in [1.29, 1.82) is 0 Å². The number of aromatic nitrogens is 1. The summed E-state index contributed by atoms with van der Waals surface area (Å²) in [5.41, 5.74) is 1.14. The van der Waals surface area contributed by atoms with Crippen LogP contribution in [0.1, 0.15) is 18.5 Å². The summed E-state index contributed by atoms with van der Waals surface area (Å²) in [7, 11) is 0.730. The number of hydrogen-bond donors (Lipinski definition) is 2. The molecule has 0 saturated carbocycles. The summed E-state index contributed by atoms with van der Waals surface area (Å²) in [6, 6.07) is 4.03. The first-order chi connectivity index (χ1) is 10.9. The minimum absolute atomic E-state index is 0. The van der Waals surface area contributed by atoms with Crippen LogP contribution >= 0.6 is 24.0 Å². The number of nitrogens with zero attached hydrogens (tertiary/aromatic N) is 3. The molecule has 24 heavy (non-hydrogen) atoms. The highest BCUT2D eigenvalue weighted by molar-refractivity contribution is 14.0. The number of nitrogens with one attached hydrogen (secondary N) is 2. The molecule has 1 aliphatic rings. The highest BCUT2D eigenvalue weighted by Gasteiger charge is 2.25. The van der Waals surface area contributed by atoms with Gasteiger partial charge in [-0.05, 0) is 30.9 Å². The van der Waals surface area contributed by atoms with E-state index in [0.717, 1.165) is 37.6 Å². The predicted octanol–water partition coefficient (Wildman–Crippen LogP) is 1.31. The van der Waals surface area contributed by atoms with E-state index in [4.69, 9.17) is 0 Å². The molecule has 1 aromatic rings. The molecule has 0 unspecified atom stereocenters. The molecule has 1 saturated heterocycles. The summed E-state index contributed by atoms with van der Waals surface area (Å²) >= 11 is 0. The van der Waals surface area contributed by atoms with Gasteiger partial charge in [0, 0.05) is 45.6 Å². The third-order valence-electron chi connectivity index (χ3n) is 4.23. The molecule has 0 spiro atoms. The van der Waals surface area contributed by atoms with Crippen LogP contribution in [0.15, 0.2) is 23.3 Å². The Balaban J connectivity index is 0.00000288. The number of aliphatic imine (C=N–C) groups is 1. The molecule has 2 N–H and O–H groups in total. The Morgan fingerprint density at radius 2 is 2.12 bits per heavy atom. The van der Waals surface area contributed by atoms with Crippen LogP contribution in [-0.4, -0.2) is 68.6 Å². The second-order valence-corrected chi connectivity index (χ2v) is 8.07. The number of guanidine groups is 1. The van der Waals surface area contributed by atoms with Gasteiger partial charge in [-0.15, -0.1) is 24.0 Å². The summed E-state index contributed by atoms with van der Waals surface area (Å²) in [6.45, 7) is 2.81. The molecule has 0 radical (unpaired) electrons. The fourth-order valence-electron chi connectivity index (χ4n) is 2.86. The Bertz CT molecular complexity index is 610. The molecule has 2 heterocycles. The van der Waals surface area contributed by atoms with Crippen molar-refractivity contribution in [1.82, 2.24) is 19.5 Å². The zero-order chi connectivity index (χ0) is 16.9. The van der Waals surface area contributed by atoms with E-state index in [1.165, 1.54) is 6.26 Å². The van der Waals surface area contributed by atoms with Gasteiger partial charge in [-0.1, -0.05) is 0 Å². The maximum Gasteiger partial charge on any atom is 0.211 e. The molecule has 9 heteroatoms. The molecule has 0 bridgehead atoms. The molecule has 0 atom stereocenters. The van der Waals surface area contributed by atoms with E-state index in [-0.39, 0.29) is 24.0 Å². The summed E-state index contributed by atoms with van der Waals surface area (Å²) < 4.78 is 24.6. The number of H-pyrrole nitrogens is 1. The Hall–Kier alpha value is -0.810. The Labute approximate surface area is 162 Å². The lowest BCUT2D eigenvalue weighted by atomic mass is 9.98. The summed E-state index contributed by atoms with van der Waals surface area (Å²) in [5, 5.41) is 3.40. The number of hydrogen-bond acceptors (Lipinski definition) is 3. The molecular weight excluding hydrogens is 441 g/mol. The molecule has 138 valence electrons. The van der Waals surface area contributed by atoms with Crippen LogP contribution in [0, 0.1) is 5.92 Å². The van der Waals surface area contributed by atoms with Crippen LogP contribution in [0.25, 0.3) is 0 Å². The van der Waals surface area contributed by atoms with Gasteiger partial charge in [-0.25, -0.2) is 12.7 Å². The highest BCUT2D eigenvalue weighted by Crippen LogP contribution is 2.18. The molecule has 0 aliphatic carbocycles. The Morgan fingerprint density at radius 3 is 2.62 bits per heavy atom. The standard InChI is InChI=1S/C15H27N5O2S.HI/c1-16-15(19(2)12-14-5-4-8-17-14)18-11-13-6-9-20(10-7-13)23(3,21)22;/h4-5,8,13,17H,6-7,9-12H2,1-3H3,(H,16,18);1H. The van der Waals surface area contributed by atoms with Gasteiger partial charge in [0.05, 0.1) is 12.8 Å². The van der Waals surface area contributed by atoms with Crippen molar-refractivity contribution in [3.8, 4) is 0 Å². The number of rotatable bonds is 5. The van der Waals surface area contributed by atoms with Crippen molar-refractivity contribution in [3.05, 3.63) is 24.0 Å². The first-order valence-electron chi connectivity index (χ1n) is 7.89. The van der Waals surface area contributed by atoms with Crippen molar-refractivity contribution in [2.45, 2.75) is 19.4 Å². The van der Waals surface area contributed by atoms with Gasteiger partial charge < -0.3 is 15.2 Å². The summed E-state index contributed by atoms with van der Waals surface area (Å²) in [5.74, 6) is 1.33. The first kappa shape index (κ1) is 21.2. The van der Waals surface area contributed by atoms with Gasteiger partial charge in [0.15, 0.2) is 5.96 Å². The number of aromatic amines is 1. The minimum Gasteiger partial charge on any atom is -0.364 e. The zero-order valence-electron chi connectivity index (χ0n) is 14.5. The zero-order valence-corrected chi connectivity index (χ0v) is 17.7. The van der Waals surface area contributed by atoms with Crippen LogP contribution in [-0.2, 0) is 16.6 Å². The third-order valence-corrected chi connectivity index (χ3v) is 5.54. The first-order valence-corrected chi connectivity index (χ1v) is 9.74. The fraction of sp³-hybridized carbons (Fsp3) is 0.667. The van der Waals surface area contributed by atoms with Crippen molar-refractivity contribution >= 4 is 40.0 Å². The largest absolute Gasteiger partial charge is 0.364 e. The van der Waals surface area contributed by atoms with Crippen molar-refractivity contribution in [3.63, 3.8) is 0 Å². The Kier molecular flexibility index (Phi) is 8.51. The lowest BCUT2D eigenvalue weighted by Crippen LogP contribution is -2.44. The SMILES string of the molecule is CN=C(NCC1CCN(S(C)(=O)=O)CC1)N(C)Cc1ccc[nH]1.I. The van der Waals surface area contributed by atoms with Crippen LogP contribution in [0.5, 0.6) is 0 Å². The van der Waals surface area contributed by atoms with Crippen molar-refractivity contribution in [2.24, 2.45) is 10.9 Å². The number of halogens is 1. The van der Waals surface area contributed by atoms with E-state index in [2.05, 4.69) is 20.2 Å². The van der Waals surface area contributed by atoms with Crippen molar-refractivity contribution < 1.29 is 8.42 Å². The minimum atomic E-state index is -3.05. The van der Waals surface area contributed by atoms with E-state index in [1.807, 2.05) is 25.4 Å². The second kappa shape index (κ2) is 9.62. The van der Waals surface area contributed by atoms with Gasteiger partial charge in [-0.3, -0.25) is 4.99 Å². The maximum atomic E-state index is 11.5. The molecule has 1 fully saturated rings. The van der Waals surface area contributed by atoms with Gasteiger partial charge in [0.2, 0.25) is 10.0 Å². The van der Waals surface area contributed by atoms with Gasteiger partial charge in [0.25, 0.3) is 0 Å². The highest BCUT2D eigenvalue weighted by atomic mass is 127. The average molecular weight is 469 g/mol. The Morgan fingerprint density at radius 1 is 1.46 bits per heavy atom. The average Bonchev–Trinajstić information content (AvgIpc) is 3.00. The fourth-order valence-corrected chi connectivity index (χ4v) is 3.74. The van der Waals surface area contributed by atoms with E-state index in [9.17, 15) is 8.42 Å². The van der Waals surface area contributed by atoms with Crippen LogP contribution in [0.3, 0.4) is 0 Å². The quantitative estimate of drug-likeness (QED) is 0.387. The third kappa shape index (κ3) is 6.25. The maximum absolute atomic E-state index is 11.5. The molecule has 2 rings (SSSR count). The van der Waals surface area contributed by atoms with E-state index < -0.39 is 10.0 Å². The number of piperidine rings is 1. The molecule has 1 aliphatic heterocycles. The summed E-state index contributed by atoms with van der Waals surface area (Å²) in [6.07, 6.45) is 4.97. The van der Waals surface area contributed by atoms with Crippen LogP contribution in [0.2, 0.25) is 0 Å². The van der Waals surface area contributed by atoms with Crippen LogP contribution < -0.4 is 5.32 Å². The topological polar surface area (TPSA) is 80.8 Å². The smallest absolute Gasteiger partial charge is 0.211 e. The van der Waals surface area contributed by atoms with Gasteiger partial charge in [0.1, 0.15) is 0 Å². The van der Waals surface area contributed by atoms with Crippen molar-refractivity contribution in [2.75, 3.05) is 40.0 Å². The van der Waals surface area contributed by atoms with E-state index in [1.54, 1.807) is 11.4 Å². The van der Waals surface area contributed by atoms with Crippen LogP contribution in [0.4, 0.5) is 0 Å². The van der Waals surface area contributed by atoms with Gasteiger partial charge >= 0.3 is 0 Å². The van der Waals surface area contributed by atoms with Gasteiger partial charge in [-0.2, -0.15) is 0 Å². The molecule has 7 nitrogen and oxygen atoms in total. The molecule has 0 amide bonds. The summed E-state index contributed by atoms with van der Waals surface area (Å²) in [4.78, 5) is 9.57. The van der Waals surface area contributed by atoms with E-state index >= 15 is 0 Å². The predicted molar refractivity (Wildman–Crippen MR) is 108 cm³/mol. The molecular formula is C15H28IN5O2S.